The first-order chi connectivity index (χ1) is 6.26. The summed E-state index contributed by atoms with van der Waals surface area (Å²) in [6, 6.07) is 4.84. The van der Waals surface area contributed by atoms with Gasteiger partial charge in [0.2, 0.25) is 0 Å². The summed E-state index contributed by atoms with van der Waals surface area (Å²) < 4.78 is 16.8. The molecule has 1 aromatic rings. The number of benzene rings is 1. The van der Waals surface area contributed by atoms with Gasteiger partial charge in [-0.3, -0.25) is 0 Å². The number of hydrogen-bond acceptors (Lipinski definition) is 2. The SMILES string of the molecule is OCc1cc(Cl)cc(OCCF)c1. The average molecular weight is 205 g/mol. The van der Waals surface area contributed by atoms with E-state index in [0.29, 0.717) is 16.3 Å². The van der Waals surface area contributed by atoms with E-state index < -0.39 is 6.67 Å². The highest BCUT2D eigenvalue weighted by molar-refractivity contribution is 6.30. The normalized spacial score (nSPS) is 10.1. The van der Waals surface area contributed by atoms with E-state index in [0.717, 1.165) is 0 Å². The molecule has 4 heteroatoms. The number of ether oxygens (including phenoxy) is 1. The second-order valence-electron chi connectivity index (χ2n) is 2.49. The van der Waals surface area contributed by atoms with Gasteiger partial charge in [0.25, 0.3) is 0 Å². The van der Waals surface area contributed by atoms with Gasteiger partial charge in [-0.1, -0.05) is 11.6 Å². The molecule has 0 bridgehead atoms. The van der Waals surface area contributed by atoms with E-state index in [1.54, 1.807) is 18.2 Å². The topological polar surface area (TPSA) is 29.5 Å². The van der Waals surface area contributed by atoms with E-state index in [2.05, 4.69) is 0 Å². The van der Waals surface area contributed by atoms with Crippen molar-refractivity contribution in [1.29, 1.82) is 0 Å². The molecule has 1 rings (SSSR count). The third kappa shape index (κ3) is 3.20. The molecular formula is C9H10ClFO2. The fourth-order valence-corrected chi connectivity index (χ4v) is 1.20. The maximum absolute atomic E-state index is 11.8. The Balaban J connectivity index is 2.76. The Morgan fingerprint density at radius 3 is 2.77 bits per heavy atom. The van der Waals surface area contributed by atoms with E-state index in [1.165, 1.54) is 0 Å². The molecule has 0 aromatic heterocycles. The van der Waals surface area contributed by atoms with Gasteiger partial charge >= 0.3 is 0 Å². The Morgan fingerprint density at radius 1 is 1.38 bits per heavy atom. The summed E-state index contributed by atoms with van der Waals surface area (Å²) in [7, 11) is 0. The molecule has 0 amide bonds. The first kappa shape index (κ1) is 10.3. The van der Waals surface area contributed by atoms with Crippen molar-refractivity contribution in [3.63, 3.8) is 0 Å². The molecule has 13 heavy (non-hydrogen) atoms. The molecule has 0 heterocycles. The quantitative estimate of drug-likeness (QED) is 0.815. The van der Waals surface area contributed by atoms with Crippen molar-refractivity contribution in [1.82, 2.24) is 0 Å². The van der Waals surface area contributed by atoms with Gasteiger partial charge in [0.1, 0.15) is 19.0 Å². The molecule has 0 radical (unpaired) electrons. The fourth-order valence-electron chi connectivity index (χ4n) is 0.952. The summed E-state index contributed by atoms with van der Waals surface area (Å²) in [4.78, 5) is 0. The van der Waals surface area contributed by atoms with Gasteiger partial charge in [-0.2, -0.15) is 0 Å². The van der Waals surface area contributed by atoms with Crippen molar-refractivity contribution in [2.75, 3.05) is 13.3 Å². The van der Waals surface area contributed by atoms with E-state index >= 15 is 0 Å². The van der Waals surface area contributed by atoms with E-state index in [1.807, 2.05) is 0 Å². The smallest absolute Gasteiger partial charge is 0.123 e. The van der Waals surface area contributed by atoms with Gasteiger partial charge in [0.05, 0.1) is 6.61 Å². The van der Waals surface area contributed by atoms with Crippen LogP contribution in [0, 0.1) is 0 Å². The number of hydrogen-bond donors (Lipinski definition) is 1. The molecule has 0 saturated carbocycles. The summed E-state index contributed by atoms with van der Waals surface area (Å²) in [5.74, 6) is 0.481. The first-order valence-electron chi connectivity index (χ1n) is 3.85. The lowest BCUT2D eigenvalue weighted by Crippen LogP contribution is -1.99. The second-order valence-corrected chi connectivity index (χ2v) is 2.93. The second kappa shape index (κ2) is 5.04. The standard InChI is InChI=1S/C9H10ClFO2/c10-8-3-7(6-12)4-9(5-8)13-2-1-11/h3-5,12H,1-2,6H2. The molecule has 0 fully saturated rings. The zero-order chi connectivity index (χ0) is 9.68. The van der Waals surface area contributed by atoms with Gasteiger partial charge in [0, 0.05) is 5.02 Å². The van der Waals surface area contributed by atoms with Crippen molar-refractivity contribution in [2.24, 2.45) is 0 Å². The molecule has 1 aromatic carbocycles. The molecule has 2 nitrogen and oxygen atoms in total. The molecule has 0 spiro atoms. The third-order valence-electron chi connectivity index (χ3n) is 1.46. The lowest BCUT2D eigenvalue weighted by Gasteiger charge is -2.05. The fraction of sp³-hybridized carbons (Fsp3) is 0.333. The Bertz CT molecular complexity index is 278. The molecule has 0 aliphatic carbocycles. The largest absolute Gasteiger partial charge is 0.491 e. The van der Waals surface area contributed by atoms with Crippen LogP contribution in [0.1, 0.15) is 5.56 Å². The Kier molecular flexibility index (Phi) is 3.99. The molecule has 0 atom stereocenters. The predicted octanol–water partition coefficient (Wildman–Crippen LogP) is 2.18. The van der Waals surface area contributed by atoms with Crippen molar-refractivity contribution in [2.45, 2.75) is 6.61 Å². The van der Waals surface area contributed by atoms with Crippen LogP contribution in [0.4, 0.5) is 4.39 Å². The predicted molar refractivity (Wildman–Crippen MR) is 48.8 cm³/mol. The third-order valence-corrected chi connectivity index (χ3v) is 1.68. The van der Waals surface area contributed by atoms with Crippen LogP contribution in [-0.4, -0.2) is 18.4 Å². The summed E-state index contributed by atoms with van der Waals surface area (Å²) >= 11 is 5.72. The zero-order valence-electron chi connectivity index (χ0n) is 6.96. The first-order valence-corrected chi connectivity index (χ1v) is 4.23. The summed E-state index contributed by atoms with van der Waals surface area (Å²) in [5.41, 5.74) is 0.654. The van der Waals surface area contributed by atoms with Crippen LogP contribution in [0.5, 0.6) is 5.75 Å². The number of aliphatic hydroxyl groups excluding tert-OH is 1. The van der Waals surface area contributed by atoms with Crippen LogP contribution in [0.3, 0.4) is 0 Å². The maximum atomic E-state index is 11.8. The van der Waals surface area contributed by atoms with Crippen LogP contribution >= 0.6 is 11.6 Å². The summed E-state index contributed by atoms with van der Waals surface area (Å²) in [6.07, 6.45) is 0. The monoisotopic (exact) mass is 204 g/mol. The van der Waals surface area contributed by atoms with Gasteiger partial charge in [-0.05, 0) is 23.8 Å². The van der Waals surface area contributed by atoms with Crippen LogP contribution in [0.25, 0.3) is 0 Å². The number of rotatable bonds is 4. The summed E-state index contributed by atoms with van der Waals surface area (Å²) in [6.45, 7) is -0.640. The van der Waals surface area contributed by atoms with E-state index in [-0.39, 0.29) is 13.2 Å². The van der Waals surface area contributed by atoms with Crippen molar-refractivity contribution in [3.8, 4) is 5.75 Å². The minimum atomic E-state index is -0.541. The van der Waals surface area contributed by atoms with Crippen LogP contribution < -0.4 is 4.74 Å². The average Bonchev–Trinajstić information content (AvgIpc) is 2.14. The Morgan fingerprint density at radius 2 is 2.15 bits per heavy atom. The molecular weight excluding hydrogens is 195 g/mol. The maximum Gasteiger partial charge on any atom is 0.123 e. The number of aliphatic hydroxyl groups is 1. The number of alkyl halides is 1. The molecule has 72 valence electrons. The van der Waals surface area contributed by atoms with Crippen molar-refractivity contribution >= 4 is 11.6 Å². The number of halogens is 2. The highest BCUT2D eigenvalue weighted by Crippen LogP contribution is 2.20. The lowest BCUT2D eigenvalue weighted by molar-refractivity contribution is 0.267. The zero-order valence-corrected chi connectivity index (χ0v) is 7.72. The van der Waals surface area contributed by atoms with E-state index in [9.17, 15) is 4.39 Å². The van der Waals surface area contributed by atoms with Crippen molar-refractivity contribution in [3.05, 3.63) is 28.8 Å². The summed E-state index contributed by atoms with van der Waals surface area (Å²) in [5, 5.41) is 9.30. The molecule has 0 aliphatic heterocycles. The van der Waals surface area contributed by atoms with Crippen molar-refractivity contribution < 1.29 is 14.2 Å². The van der Waals surface area contributed by atoms with Crippen LogP contribution in [0.2, 0.25) is 5.02 Å². The van der Waals surface area contributed by atoms with Crippen LogP contribution in [0.15, 0.2) is 18.2 Å². The minimum absolute atomic E-state index is 0.00517. The molecule has 0 saturated heterocycles. The van der Waals surface area contributed by atoms with Gasteiger partial charge in [-0.15, -0.1) is 0 Å². The Hall–Kier alpha value is -0.800. The minimum Gasteiger partial charge on any atom is -0.491 e. The highest BCUT2D eigenvalue weighted by atomic mass is 35.5. The molecule has 0 aliphatic rings. The van der Waals surface area contributed by atoms with Gasteiger partial charge in [-0.25, -0.2) is 4.39 Å². The van der Waals surface area contributed by atoms with Crippen LogP contribution in [-0.2, 0) is 6.61 Å². The van der Waals surface area contributed by atoms with E-state index in [4.69, 9.17) is 21.4 Å². The molecule has 1 N–H and O–H groups in total. The van der Waals surface area contributed by atoms with Gasteiger partial charge < -0.3 is 9.84 Å². The highest BCUT2D eigenvalue weighted by Gasteiger charge is 1.99. The van der Waals surface area contributed by atoms with Gasteiger partial charge in [0.15, 0.2) is 0 Å². The molecule has 0 unspecified atom stereocenters. The lowest BCUT2D eigenvalue weighted by atomic mass is 10.2. The Labute approximate surface area is 80.9 Å².